The van der Waals surface area contributed by atoms with E-state index in [0.29, 0.717) is 23.0 Å². The number of nitrogens with zero attached hydrogens (tertiary/aromatic N) is 2. The zero-order valence-corrected chi connectivity index (χ0v) is 13.3. The van der Waals surface area contributed by atoms with Crippen molar-refractivity contribution in [2.24, 2.45) is 5.73 Å². The van der Waals surface area contributed by atoms with Crippen molar-refractivity contribution in [3.05, 3.63) is 59.0 Å². The average Bonchev–Trinajstić information content (AvgIpc) is 3.01. The number of benzene rings is 1. The van der Waals surface area contributed by atoms with Crippen LogP contribution in [0.3, 0.4) is 0 Å². The van der Waals surface area contributed by atoms with Gasteiger partial charge in [-0.15, -0.1) is 0 Å². The number of rotatable bonds is 5. The van der Waals surface area contributed by atoms with Crippen LogP contribution in [0.5, 0.6) is 5.75 Å². The smallest absolute Gasteiger partial charge is 0.142 e. The molecule has 2 heterocycles. The number of hydrogen-bond acceptors (Lipinski definition) is 4. The molecule has 0 amide bonds. The van der Waals surface area contributed by atoms with Crippen LogP contribution in [0.15, 0.2) is 42.7 Å². The fourth-order valence-corrected chi connectivity index (χ4v) is 2.63. The number of methoxy groups -OCH3 is 1. The molecule has 3 rings (SSSR count). The van der Waals surface area contributed by atoms with Crippen molar-refractivity contribution in [2.75, 3.05) is 12.4 Å². The van der Waals surface area contributed by atoms with Crippen molar-refractivity contribution in [2.45, 2.75) is 6.54 Å². The minimum Gasteiger partial charge on any atom is -0.496 e. The average molecular weight is 330 g/mol. The van der Waals surface area contributed by atoms with E-state index in [1.807, 2.05) is 24.3 Å². The molecule has 23 heavy (non-hydrogen) atoms. The molecule has 0 saturated heterocycles. The topological polar surface area (TPSA) is 88.4 Å². The van der Waals surface area contributed by atoms with Crippen LogP contribution in [0.2, 0.25) is 5.02 Å². The normalized spacial score (nSPS) is 10.7. The molecule has 0 unspecified atom stereocenters. The zero-order valence-electron chi connectivity index (χ0n) is 12.5. The number of nitrogens with two attached hydrogens (primary N) is 1. The van der Waals surface area contributed by atoms with Crippen molar-refractivity contribution < 1.29 is 4.74 Å². The van der Waals surface area contributed by atoms with Crippen molar-refractivity contribution >= 4 is 28.8 Å². The number of ether oxygens (including phenoxy) is 1. The number of imidazole rings is 1. The molecule has 0 aliphatic heterocycles. The quantitative estimate of drug-likeness (QED) is 0.496. The lowest BCUT2D eigenvalue weighted by atomic mass is 10.2. The Morgan fingerprint density at radius 2 is 2.22 bits per heavy atom. The highest BCUT2D eigenvalue weighted by Gasteiger charge is 2.12. The maximum Gasteiger partial charge on any atom is 0.142 e. The summed E-state index contributed by atoms with van der Waals surface area (Å²) in [6.07, 6.45) is 3.45. The Labute approximate surface area is 138 Å². The predicted octanol–water partition coefficient (Wildman–Crippen LogP) is 2.89. The first kappa shape index (κ1) is 15.2. The first-order chi connectivity index (χ1) is 11.1. The third-order valence-corrected chi connectivity index (χ3v) is 3.77. The van der Waals surface area contributed by atoms with Crippen LogP contribution in [-0.4, -0.2) is 22.3 Å². The van der Waals surface area contributed by atoms with Crippen LogP contribution in [0.4, 0.5) is 5.69 Å². The molecule has 4 N–H and O–H groups in total. The molecule has 0 aliphatic carbocycles. The second-order valence-corrected chi connectivity index (χ2v) is 5.41. The Kier molecular flexibility index (Phi) is 4.08. The summed E-state index contributed by atoms with van der Waals surface area (Å²) in [4.78, 5) is 4.21. The Morgan fingerprint density at radius 3 is 2.96 bits per heavy atom. The predicted molar refractivity (Wildman–Crippen MR) is 91.5 cm³/mol. The number of nitrogen functional groups attached to an aromatic ring is 1. The summed E-state index contributed by atoms with van der Waals surface area (Å²) < 4.78 is 7.13. The van der Waals surface area contributed by atoms with Crippen LogP contribution >= 0.6 is 11.6 Å². The first-order valence-electron chi connectivity index (χ1n) is 6.97. The highest BCUT2D eigenvalue weighted by atomic mass is 35.5. The van der Waals surface area contributed by atoms with E-state index in [9.17, 15) is 0 Å². The minimum atomic E-state index is -0.0285. The number of halogens is 1. The van der Waals surface area contributed by atoms with Crippen molar-refractivity contribution in [3.63, 3.8) is 0 Å². The molecular formula is C16H16ClN5O. The van der Waals surface area contributed by atoms with E-state index in [0.717, 1.165) is 16.9 Å². The zero-order chi connectivity index (χ0) is 16.4. The molecule has 0 saturated carbocycles. The highest BCUT2D eigenvalue weighted by molar-refractivity contribution is 6.30. The summed E-state index contributed by atoms with van der Waals surface area (Å²) in [6.45, 7) is 0.515. The van der Waals surface area contributed by atoms with E-state index in [2.05, 4.69) is 10.3 Å². The molecule has 2 aromatic heterocycles. The van der Waals surface area contributed by atoms with E-state index in [-0.39, 0.29) is 5.84 Å². The minimum absolute atomic E-state index is 0.0285. The molecule has 0 fully saturated rings. The van der Waals surface area contributed by atoms with E-state index >= 15 is 0 Å². The molecule has 0 atom stereocenters. The molecule has 118 valence electrons. The Balaban J connectivity index is 1.93. The molecule has 0 radical (unpaired) electrons. The summed E-state index contributed by atoms with van der Waals surface area (Å²) in [5.74, 6) is 0.678. The van der Waals surface area contributed by atoms with E-state index in [1.54, 1.807) is 30.0 Å². The summed E-state index contributed by atoms with van der Waals surface area (Å²) in [6, 6.07) is 9.21. The summed E-state index contributed by atoms with van der Waals surface area (Å²) >= 11 is 5.98. The van der Waals surface area contributed by atoms with Crippen LogP contribution in [0.1, 0.15) is 11.3 Å². The molecule has 6 nitrogen and oxygen atoms in total. The van der Waals surface area contributed by atoms with Crippen LogP contribution in [0, 0.1) is 5.41 Å². The van der Waals surface area contributed by atoms with E-state index < -0.39 is 0 Å². The van der Waals surface area contributed by atoms with Crippen molar-refractivity contribution in [1.29, 1.82) is 5.41 Å². The second kappa shape index (κ2) is 6.18. The third-order valence-electron chi connectivity index (χ3n) is 3.54. The standard InChI is InChI=1S/C16H16ClN5O/c1-23-13-8-11(17)3-2-10(13)9-21-12-4-5-14-20-6-7-22(14)15(12)16(18)19/h2-8,21H,9H2,1H3,(H3,18,19). The molecule has 1 aromatic carbocycles. The van der Waals surface area contributed by atoms with Gasteiger partial charge in [0.25, 0.3) is 0 Å². The number of aromatic nitrogens is 2. The molecule has 0 spiro atoms. The lowest BCUT2D eigenvalue weighted by Gasteiger charge is -2.15. The van der Waals surface area contributed by atoms with Gasteiger partial charge < -0.3 is 15.8 Å². The van der Waals surface area contributed by atoms with Gasteiger partial charge in [-0.3, -0.25) is 9.81 Å². The summed E-state index contributed by atoms with van der Waals surface area (Å²) in [7, 11) is 1.60. The van der Waals surface area contributed by atoms with Gasteiger partial charge in [0.1, 0.15) is 22.9 Å². The summed E-state index contributed by atoms with van der Waals surface area (Å²) in [5, 5.41) is 11.7. The van der Waals surface area contributed by atoms with Gasteiger partial charge >= 0.3 is 0 Å². The summed E-state index contributed by atoms with van der Waals surface area (Å²) in [5.41, 5.74) is 8.76. The number of fused-ring (bicyclic) bond motifs is 1. The van der Waals surface area contributed by atoms with E-state index in [4.69, 9.17) is 27.5 Å². The second-order valence-electron chi connectivity index (χ2n) is 4.97. The Hall–Kier alpha value is -2.73. The molecule has 0 bridgehead atoms. The third kappa shape index (κ3) is 2.93. The number of anilines is 1. The van der Waals surface area contributed by atoms with Gasteiger partial charge in [0.15, 0.2) is 0 Å². The van der Waals surface area contributed by atoms with Gasteiger partial charge in [-0.05, 0) is 24.3 Å². The number of pyridine rings is 1. The maximum absolute atomic E-state index is 7.83. The van der Waals surface area contributed by atoms with Crippen LogP contribution in [-0.2, 0) is 6.54 Å². The van der Waals surface area contributed by atoms with Gasteiger partial charge in [0, 0.05) is 29.5 Å². The Bertz CT molecular complexity index is 874. The van der Waals surface area contributed by atoms with Crippen molar-refractivity contribution in [3.8, 4) is 5.75 Å². The van der Waals surface area contributed by atoms with Crippen molar-refractivity contribution in [1.82, 2.24) is 9.38 Å². The fourth-order valence-electron chi connectivity index (χ4n) is 2.47. The lowest BCUT2D eigenvalue weighted by Crippen LogP contribution is -2.18. The molecular weight excluding hydrogens is 314 g/mol. The highest BCUT2D eigenvalue weighted by Crippen LogP contribution is 2.25. The molecule has 3 aromatic rings. The SMILES string of the molecule is COc1cc(Cl)ccc1CNc1ccc2nccn2c1C(=N)N. The molecule has 0 aliphatic rings. The van der Waals surface area contributed by atoms with Gasteiger partial charge in [-0.1, -0.05) is 17.7 Å². The lowest BCUT2D eigenvalue weighted by molar-refractivity contribution is 0.410. The van der Waals surface area contributed by atoms with Gasteiger partial charge in [-0.25, -0.2) is 4.98 Å². The van der Waals surface area contributed by atoms with Crippen LogP contribution < -0.4 is 15.8 Å². The van der Waals surface area contributed by atoms with Crippen LogP contribution in [0.25, 0.3) is 5.65 Å². The monoisotopic (exact) mass is 329 g/mol. The Morgan fingerprint density at radius 1 is 1.39 bits per heavy atom. The number of hydrogen-bond donors (Lipinski definition) is 3. The first-order valence-corrected chi connectivity index (χ1v) is 7.34. The van der Waals surface area contributed by atoms with Gasteiger partial charge in [0.05, 0.1) is 12.8 Å². The van der Waals surface area contributed by atoms with Gasteiger partial charge in [0.2, 0.25) is 0 Å². The number of nitrogens with one attached hydrogen (secondary N) is 2. The number of amidine groups is 1. The van der Waals surface area contributed by atoms with Gasteiger partial charge in [-0.2, -0.15) is 0 Å². The fraction of sp³-hybridized carbons (Fsp3) is 0.125. The largest absolute Gasteiger partial charge is 0.496 e. The molecule has 7 heteroatoms. The van der Waals surface area contributed by atoms with E-state index in [1.165, 1.54) is 0 Å². The maximum atomic E-state index is 7.83.